The van der Waals surface area contributed by atoms with E-state index in [-0.39, 0.29) is 11.9 Å². The molecule has 0 unspecified atom stereocenters. The minimum absolute atomic E-state index is 0.00807. The third kappa shape index (κ3) is 5.03. The number of carbonyl (C=O) groups excluding carboxylic acids is 1. The first-order chi connectivity index (χ1) is 17.6. The number of fused-ring (bicyclic) bond motifs is 1. The van der Waals surface area contributed by atoms with Crippen molar-refractivity contribution < 1.29 is 4.79 Å². The van der Waals surface area contributed by atoms with E-state index >= 15 is 0 Å². The Balaban J connectivity index is 1.58. The van der Waals surface area contributed by atoms with Gasteiger partial charge in [0, 0.05) is 17.5 Å². The molecule has 0 aliphatic carbocycles. The van der Waals surface area contributed by atoms with E-state index in [0.29, 0.717) is 18.7 Å². The number of guanidine groups is 1. The van der Waals surface area contributed by atoms with Gasteiger partial charge in [-0.1, -0.05) is 91.0 Å². The molecule has 36 heavy (non-hydrogen) atoms. The molecule has 5 rings (SSSR count). The fourth-order valence-corrected chi connectivity index (χ4v) is 4.46. The number of nitrogens with two attached hydrogens (primary N) is 2. The molecule has 1 amide bonds. The van der Waals surface area contributed by atoms with Gasteiger partial charge in [-0.3, -0.25) is 9.79 Å². The molecule has 0 saturated heterocycles. The second-order valence-electron chi connectivity index (χ2n) is 8.69. The van der Waals surface area contributed by atoms with Crippen LogP contribution in [0.1, 0.15) is 22.3 Å². The molecule has 0 radical (unpaired) electrons. The molecule has 1 aliphatic heterocycles. The lowest BCUT2D eigenvalue weighted by Crippen LogP contribution is -2.38. The molecule has 0 aromatic heterocycles. The van der Waals surface area contributed by atoms with Crippen LogP contribution in [0.5, 0.6) is 0 Å². The van der Waals surface area contributed by atoms with E-state index in [2.05, 4.69) is 4.99 Å². The average Bonchev–Trinajstić information content (AvgIpc) is 3.01. The van der Waals surface area contributed by atoms with E-state index in [4.69, 9.17) is 16.5 Å². The molecule has 1 atom stereocenters. The topological polar surface area (TPSA) is 97.1 Å². The number of rotatable bonds is 6. The average molecular weight is 474 g/mol. The number of nitrogens with zero attached hydrogens (tertiary/aromatic N) is 3. The summed E-state index contributed by atoms with van der Waals surface area (Å²) in [6.07, 6.45) is 0.518. The zero-order chi connectivity index (χ0) is 24.9. The van der Waals surface area contributed by atoms with Crippen molar-refractivity contribution >= 4 is 29.0 Å². The van der Waals surface area contributed by atoms with Gasteiger partial charge in [-0.2, -0.15) is 0 Å². The largest absolute Gasteiger partial charge is 0.370 e. The number of para-hydroxylation sites is 1. The Hall–Kier alpha value is -4.71. The smallest absolute Gasteiger partial charge is 0.252 e. The normalized spacial score (nSPS) is 15.0. The van der Waals surface area contributed by atoms with Crippen molar-refractivity contribution in [1.82, 2.24) is 0 Å². The molecular weight excluding hydrogens is 446 g/mol. The van der Waals surface area contributed by atoms with Crippen molar-refractivity contribution in [1.29, 1.82) is 0 Å². The van der Waals surface area contributed by atoms with Crippen LogP contribution in [0.15, 0.2) is 119 Å². The molecule has 4 aromatic rings. The van der Waals surface area contributed by atoms with E-state index in [1.54, 1.807) is 0 Å². The van der Waals surface area contributed by atoms with Gasteiger partial charge in [-0.15, -0.1) is 0 Å². The summed E-state index contributed by atoms with van der Waals surface area (Å²) in [4.78, 5) is 25.1. The summed E-state index contributed by atoms with van der Waals surface area (Å²) in [5.74, 6) is -0.0285. The van der Waals surface area contributed by atoms with Crippen LogP contribution in [-0.4, -0.2) is 23.6 Å². The lowest BCUT2D eigenvalue weighted by Gasteiger charge is -2.25. The fourth-order valence-electron chi connectivity index (χ4n) is 4.46. The van der Waals surface area contributed by atoms with Gasteiger partial charge in [-0.25, -0.2) is 4.99 Å². The first kappa shape index (κ1) is 23.1. The van der Waals surface area contributed by atoms with Crippen LogP contribution in [-0.2, 0) is 17.8 Å². The van der Waals surface area contributed by atoms with Crippen LogP contribution in [0, 0.1) is 0 Å². The highest BCUT2D eigenvalue weighted by Crippen LogP contribution is 2.31. The number of amides is 1. The molecule has 4 aromatic carbocycles. The van der Waals surface area contributed by atoms with E-state index in [0.717, 1.165) is 33.7 Å². The van der Waals surface area contributed by atoms with Gasteiger partial charge in [0.25, 0.3) is 5.91 Å². The molecule has 4 N–H and O–H groups in total. The summed E-state index contributed by atoms with van der Waals surface area (Å²) in [5, 5.41) is 0. The number of anilines is 1. The number of carbonyl (C=O) groups is 1. The van der Waals surface area contributed by atoms with E-state index in [1.807, 2.05) is 114 Å². The first-order valence-electron chi connectivity index (χ1n) is 11.8. The summed E-state index contributed by atoms with van der Waals surface area (Å²) in [5.41, 5.74) is 17.3. The predicted molar refractivity (Wildman–Crippen MR) is 146 cm³/mol. The van der Waals surface area contributed by atoms with Crippen LogP contribution in [0.4, 0.5) is 11.4 Å². The van der Waals surface area contributed by atoms with E-state index in [9.17, 15) is 4.79 Å². The quantitative estimate of drug-likeness (QED) is 0.317. The van der Waals surface area contributed by atoms with Gasteiger partial charge in [0.2, 0.25) is 0 Å². The SMILES string of the molecule is NC(N)=Nc1ccc(CN2C(=O)[C@H](Cc3ccccc3)N=C(c3ccccc3)c3ccccc32)cc1. The van der Waals surface area contributed by atoms with Gasteiger partial charge >= 0.3 is 0 Å². The standard InChI is InChI=1S/C30H27N5O/c31-30(32)33-24-17-15-22(16-18-24)20-35-27-14-8-7-13-25(27)28(23-11-5-2-6-12-23)34-26(29(35)36)19-21-9-3-1-4-10-21/h1-18,26H,19-20H2,(H4,31,32,33)/t26-/m0/s1. The molecule has 1 aliphatic rings. The fraction of sp³-hybridized carbons (Fsp3) is 0.100. The van der Waals surface area contributed by atoms with Crippen molar-refractivity contribution in [2.75, 3.05) is 4.90 Å². The van der Waals surface area contributed by atoms with Crippen molar-refractivity contribution in [2.24, 2.45) is 21.5 Å². The molecule has 0 bridgehead atoms. The lowest BCUT2D eigenvalue weighted by molar-refractivity contribution is -0.119. The molecule has 0 spiro atoms. The maximum absolute atomic E-state index is 14.1. The van der Waals surface area contributed by atoms with Gasteiger partial charge in [0.15, 0.2) is 5.96 Å². The Morgan fingerprint density at radius 3 is 2.11 bits per heavy atom. The first-order valence-corrected chi connectivity index (χ1v) is 11.8. The van der Waals surface area contributed by atoms with Gasteiger partial charge in [0.1, 0.15) is 6.04 Å². The van der Waals surface area contributed by atoms with E-state index < -0.39 is 6.04 Å². The Morgan fingerprint density at radius 1 is 0.778 bits per heavy atom. The highest BCUT2D eigenvalue weighted by atomic mass is 16.2. The third-order valence-corrected chi connectivity index (χ3v) is 6.14. The summed E-state index contributed by atoms with van der Waals surface area (Å²) >= 11 is 0. The van der Waals surface area contributed by atoms with Gasteiger partial charge in [-0.05, 0) is 29.3 Å². The molecule has 6 nitrogen and oxygen atoms in total. The van der Waals surface area contributed by atoms with Crippen molar-refractivity contribution in [3.8, 4) is 0 Å². The Kier molecular flexibility index (Phi) is 6.58. The number of benzodiazepines with no additional fused rings is 1. The van der Waals surface area contributed by atoms with Crippen LogP contribution in [0.2, 0.25) is 0 Å². The number of hydrogen-bond donors (Lipinski definition) is 2. The lowest BCUT2D eigenvalue weighted by atomic mass is 10.00. The predicted octanol–water partition coefficient (Wildman–Crippen LogP) is 4.59. The highest BCUT2D eigenvalue weighted by molar-refractivity contribution is 6.20. The number of aliphatic imine (C=N–C) groups is 2. The monoisotopic (exact) mass is 473 g/mol. The molecule has 0 fully saturated rings. The second-order valence-corrected chi connectivity index (χ2v) is 8.69. The zero-order valence-electron chi connectivity index (χ0n) is 19.8. The Morgan fingerprint density at radius 2 is 1.42 bits per heavy atom. The molecule has 178 valence electrons. The summed E-state index contributed by atoms with van der Waals surface area (Å²) in [7, 11) is 0. The third-order valence-electron chi connectivity index (χ3n) is 6.14. The van der Waals surface area contributed by atoms with E-state index in [1.165, 1.54) is 0 Å². The number of hydrogen-bond acceptors (Lipinski definition) is 3. The molecule has 6 heteroatoms. The van der Waals surface area contributed by atoms with Crippen molar-refractivity contribution in [2.45, 2.75) is 19.0 Å². The number of benzene rings is 4. The second kappa shape index (κ2) is 10.3. The maximum Gasteiger partial charge on any atom is 0.252 e. The zero-order valence-corrected chi connectivity index (χ0v) is 19.8. The van der Waals surface area contributed by atoms with Crippen LogP contribution < -0.4 is 16.4 Å². The Labute approximate surface area is 210 Å². The van der Waals surface area contributed by atoms with Gasteiger partial charge < -0.3 is 16.4 Å². The minimum Gasteiger partial charge on any atom is -0.370 e. The summed E-state index contributed by atoms with van der Waals surface area (Å²) < 4.78 is 0. The highest BCUT2D eigenvalue weighted by Gasteiger charge is 2.32. The van der Waals surface area contributed by atoms with Crippen LogP contribution >= 0.6 is 0 Å². The minimum atomic E-state index is -0.559. The van der Waals surface area contributed by atoms with Gasteiger partial charge in [0.05, 0.1) is 23.6 Å². The summed E-state index contributed by atoms with van der Waals surface area (Å²) in [6, 6.07) is 35.1. The maximum atomic E-state index is 14.1. The van der Waals surface area contributed by atoms with Crippen LogP contribution in [0.25, 0.3) is 0 Å². The van der Waals surface area contributed by atoms with Crippen LogP contribution in [0.3, 0.4) is 0 Å². The van der Waals surface area contributed by atoms with Crippen molar-refractivity contribution in [3.05, 3.63) is 131 Å². The Bertz CT molecular complexity index is 1410. The molecular formula is C30H27N5O. The molecule has 0 saturated carbocycles. The van der Waals surface area contributed by atoms with Crippen molar-refractivity contribution in [3.63, 3.8) is 0 Å². The summed E-state index contributed by atoms with van der Waals surface area (Å²) in [6.45, 7) is 0.404. The molecule has 1 heterocycles.